The normalized spacial score (nSPS) is 13.1. The van der Waals surface area contributed by atoms with Crippen molar-refractivity contribution in [2.24, 2.45) is 5.92 Å². The van der Waals surface area contributed by atoms with Crippen molar-refractivity contribution < 1.29 is 9.53 Å². The first kappa shape index (κ1) is 19.9. The molecule has 0 fully saturated rings. The second-order valence-electron chi connectivity index (χ2n) is 8.01. The summed E-state index contributed by atoms with van der Waals surface area (Å²) >= 11 is 0. The van der Waals surface area contributed by atoms with Gasteiger partial charge in [-0.2, -0.15) is 5.10 Å². The fourth-order valence-electron chi connectivity index (χ4n) is 3.40. The summed E-state index contributed by atoms with van der Waals surface area (Å²) in [4.78, 5) is 23.5. The van der Waals surface area contributed by atoms with Crippen molar-refractivity contribution in [3.63, 3.8) is 0 Å². The molecule has 0 bridgehead atoms. The number of carbonyl (C=O) groups is 1. The van der Waals surface area contributed by atoms with Gasteiger partial charge in [0.15, 0.2) is 11.6 Å². The number of carbonyl (C=O) groups excluding carboxylic acids is 1. The van der Waals surface area contributed by atoms with Gasteiger partial charge in [0.25, 0.3) is 0 Å². The molecule has 0 N–H and O–H groups in total. The summed E-state index contributed by atoms with van der Waals surface area (Å²) in [5.41, 5.74) is 2.23. The third kappa shape index (κ3) is 3.98. The lowest BCUT2D eigenvalue weighted by Crippen LogP contribution is -2.08. The van der Waals surface area contributed by atoms with Crippen LogP contribution in [0, 0.1) is 5.92 Å². The number of fused-ring (bicyclic) bond motifs is 3. The van der Waals surface area contributed by atoms with E-state index in [9.17, 15) is 4.79 Å². The lowest BCUT2D eigenvalue weighted by atomic mass is 10.1. The fraction of sp³-hybridized carbons (Fsp3) is 0.364. The van der Waals surface area contributed by atoms with Gasteiger partial charge < -0.3 is 14.2 Å². The Bertz CT molecular complexity index is 1090. The Morgan fingerprint density at radius 2 is 2.13 bits per heavy atom. The third-order valence-electron chi connectivity index (χ3n) is 4.78. The molecule has 8 nitrogen and oxygen atoms in total. The average Bonchev–Trinajstić information content (AvgIpc) is 3.28. The number of aromatic nitrogens is 5. The number of imidazole rings is 1. The van der Waals surface area contributed by atoms with Crippen molar-refractivity contribution in [3.8, 4) is 28.7 Å². The molecule has 0 spiro atoms. The van der Waals surface area contributed by atoms with Crippen LogP contribution in [0.3, 0.4) is 0 Å². The minimum atomic E-state index is -0.0647. The molecular weight excluding hydrogens is 380 g/mol. The maximum atomic E-state index is 12.4. The maximum absolute atomic E-state index is 12.4. The lowest BCUT2D eigenvalue weighted by Gasteiger charge is -2.08. The number of allylic oxidation sites excluding steroid dienone is 1. The van der Waals surface area contributed by atoms with Crippen LogP contribution in [0.5, 0.6) is 5.75 Å². The van der Waals surface area contributed by atoms with Crippen molar-refractivity contribution in [1.29, 1.82) is 0 Å². The van der Waals surface area contributed by atoms with Crippen LogP contribution in [0.1, 0.15) is 24.2 Å². The molecule has 3 heterocycles. The first-order valence-corrected chi connectivity index (χ1v) is 10.0. The van der Waals surface area contributed by atoms with E-state index >= 15 is 0 Å². The third-order valence-corrected chi connectivity index (χ3v) is 4.78. The number of ether oxygens (including phenoxy) is 1. The fourth-order valence-corrected chi connectivity index (χ4v) is 3.40. The first-order chi connectivity index (χ1) is 14.4. The summed E-state index contributed by atoms with van der Waals surface area (Å²) in [5.74, 6) is 2.62. The molecule has 1 aromatic carbocycles. The Morgan fingerprint density at radius 3 is 2.90 bits per heavy atom. The molecule has 0 atom stereocenters. The van der Waals surface area contributed by atoms with Crippen LogP contribution in [0.2, 0.25) is 0 Å². The summed E-state index contributed by atoms with van der Waals surface area (Å²) < 4.78 is 9.90. The molecule has 0 saturated heterocycles. The van der Waals surface area contributed by atoms with E-state index in [1.54, 1.807) is 24.7 Å². The summed E-state index contributed by atoms with van der Waals surface area (Å²) in [7, 11) is 3.76. The molecule has 1 aliphatic heterocycles. The van der Waals surface area contributed by atoms with Gasteiger partial charge >= 0.3 is 0 Å². The van der Waals surface area contributed by atoms with Crippen LogP contribution in [0.25, 0.3) is 22.9 Å². The molecule has 156 valence electrons. The summed E-state index contributed by atoms with van der Waals surface area (Å²) in [6.45, 7) is 6.24. The minimum absolute atomic E-state index is 0.0647. The first-order valence-electron chi connectivity index (χ1n) is 10.0. The number of ketones is 1. The molecule has 8 heteroatoms. The summed E-state index contributed by atoms with van der Waals surface area (Å²) in [6, 6.07) is 5.51. The van der Waals surface area contributed by atoms with Crippen LogP contribution in [0.15, 0.2) is 43.0 Å². The number of rotatable bonds is 6. The predicted molar refractivity (Wildman–Crippen MR) is 114 cm³/mol. The average molecular weight is 406 g/mol. The second kappa shape index (κ2) is 8.14. The molecule has 1 aliphatic rings. The zero-order chi connectivity index (χ0) is 21.3. The van der Waals surface area contributed by atoms with Gasteiger partial charge in [0.05, 0.1) is 12.1 Å². The van der Waals surface area contributed by atoms with Gasteiger partial charge in [-0.25, -0.2) is 14.6 Å². The van der Waals surface area contributed by atoms with E-state index in [1.807, 2.05) is 42.0 Å². The monoisotopic (exact) mass is 406 g/mol. The van der Waals surface area contributed by atoms with Crippen LogP contribution in [0.4, 0.5) is 0 Å². The molecule has 0 amide bonds. The molecular formula is C22H26N6O2. The van der Waals surface area contributed by atoms with E-state index in [2.05, 4.69) is 28.5 Å². The van der Waals surface area contributed by atoms with Crippen molar-refractivity contribution in [1.82, 2.24) is 29.2 Å². The summed E-state index contributed by atoms with van der Waals surface area (Å²) in [5, 5.41) is 4.35. The standard InChI is InChI=1S/C22H26N6O2/c1-15(2)12-28-22(23-14-24-28)18-13-27-9-10-30-20-11-16(19(29)7-8-26(3)4)5-6-17(20)21(27)25-18/h5-8,11,13-15H,9-10,12H2,1-4H3/b8-7+. The largest absolute Gasteiger partial charge is 0.491 e. The van der Waals surface area contributed by atoms with E-state index in [-0.39, 0.29) is 5.78 Å². The highest BCUT2D eigenvalue weighted by atomic mass is 16.5. The van der Waals surface area contributed by atoms with Gasteiger partial charge in [0.1, 0.15) is 30.2 Å². The smallest absolute Gasteiger partial charge is 0.187 e. The highest BCUT2D eigenvalue weighted by Crippen LogP contribution is 2.34. The molecule has 0 saturated carbocycles. The van der Waals surface area contributed by atoms with Crippen LogP contribution in [-0.4, -0.2) is 55.7 Å². The molecule has 30 heavy (non-hydrogen) atoms. The lowest BCUT2D eigenvalue weighted by molar-refractivity contribution is 0.104. The zero-order valence-electron chi connectivity index (χ0n) is 17.7. The van der Waals surface area contributed by atoms with E-state index in [4.69, 9.17) is 9.72 Å². The van der Waals surface area contributed by atoms with E-state index in [0.29, 0.717) is 30.4 Å². The quantitative estimate of drug-likeness (QED) is 0.462. The molecule has 0 aliphatic carbocycles. The van der Waals surface area contributed by atoms with E-state index in [1.165, 1.54) is 0 Å². The van der Waals surface area contributed by atoms with Gasteiger partial charge in [0.2, 0.25) is 0 Å². The maximum Gasteiger partial charge on any atom is 0.187 e. The van der Waals surface area contributed by atoms with Crippen LogP contribution in [-0.2, 0) is 13.1 Å². The van der Waals surface area contributed by atoms with Crippen LogP contribution < -0.4 is 4.74 Å². The van der Waals surface area contributed by atoms with Crippen molar-refractivity contribution in [3.05, 3.63) is 48.6 Å². The van der Waals surface area contributed by atoms with Gasteiger partial charge in [0, 0.05) is 44.7 Å². The Kier molecular flexibility index (Phi) is 5.39. The zero-order valence-corrected chi connectivity index (χ0v) is 17.7. The highest BCUT2D eigenvalue weighted by Gasteiger charge is 2.22. The molecule has 4 rings (SSSR count). The molecule has 3 aromatic rings. The van der Waals surface area contributed by atoms with Crippen molar-refractivity contribution in [2.45, 2.75) is 26.9 Å². The Labute approximate surface area is 175 Å². The van der Waals surface area contributed by atoms with Crippen molar-refractivity contribution in [2.75, 3.05) is 20.7 Å². The Balaban J connectivity index is 1.70. The number of benzene rings is 1. The molecule has 0 radical (unpaired) electrons. The van der Waals surface area contributed by atoms with Gasteiger partial charge in [-0.3, -0.25) is 4.79 Å². The summed E-state index contributed by atoms with van der Waals surface area (Å²) in [6.07, 6.45) is 6.85. The van der Waals surface area contributed by atoms with E-state index < -0.39 is 0 Å². The Hall–Kier alpha value is -3.42. The SMILES string of the molecule is CC(C)Cn1ncnc1-c1cn2c(n1)-c1ccc(C(=O)/C=C/N(C)C)cc1OCC2. The van der Waals surface area contributed by atoms with Gasteiger partial charge in [-0.15, -0.1) is 0 Å². The second-order valence-corrected chi connectivity index (χ2v) is 8.01. The molecule has 2 aromatic heterocycles. The number of hydrogen-bond donors (Lipinski definition) is 0. The topological polar surface area (TPSA) is 78.1 Å². The minimum Gasteiger partial charge on any atom is -0.491 e. The van der Waals surface area contributed by atoms with Gasteiger partial charge in [-0.1, -0.05) is 19.9 Å². The number of hydrogen-bond acceptors (Lipinski definition) is 6. The molecule has 0 unspecified atom stereocenters. The van der Waals surface area contributed by atoms with Gasteiger partial charge in [-0.05, 0) is 18.1 Å². The highest BCUT2D eigenvalue weighted by molar-refractivity contribution is 6.05. The number of nitrogens with zero attached hydrogens (tertiary/aromatic N) is 6. The van der Waals surface area contributed by atoms with Crippen LogP contribution >= 0.6 is 0 Å². The van der Waals surface area contributed by atoms with Crippen molar-refractivity contribution >= 4 is 5.78 Å². The Morgan fingerprint density at radius 1 is 1.30 bits per heavy atom. The predicted octanol–water partition coefficient (Wildman–Crippen LogP) is 3.12. The van der Waals surface area contributed by atoms with E-state index in [0.717, 1.165) is 29.5 Å².